The molecule has 0 amide bonds. The van der Waals surface area contributed by atoms with E-state index in [1.54, 1.807) is 0 Å². The molecule has 0 unspecified atom stereocenters. The van der Waals surface area contributed by atoms with Crippen molar-refractivity contribution in [2.75, 3.05) is 0 Å². The van der Waals surface area contributed by atoms with Gasteiger partial charge in [0, 0.05) is 12.1 Å². The standard InChI is InChI=1S/C21H19N3/c1-3-18(12-16(2)13-22)19-10-8-17(9-11-19)14-24-15-23-20-6-4-5-7-21(20)24/h3-12,15H,14H2,1-2H3/b16-12+,18-3+. The summed E-state index contributed by atoms with van der Waals surface area (Å²) in [5, 5.41) is 8.95. The van der Waals surface area contributed by atoms with Crippen molar-refractivity contribution < 1.29 is 0 Å². The van der Waals surface area contributed by atoms with E-state index in [0.717, 1.165) is 28.7 Å². The molecule has 24 heavy (non-hydrogen) atoms. The highest BCUT2D eigenvalue weighted by atomic mass is 15.0. The summed E-state index contributed by atoms with van der Waals surface area (Å²) in [4.78, 5) is 4.43. The fourth-order valence-corrected chi connectivity index (χ4v) is 2.73. The van der Waals surface area contributed by atoms with Gasteiger partial charge < -0.3 is 4.57 Å². The number of nitriles is 1. The van der Waals surface area contributed by atoms with Gasteiger partial charge in [0.1, 0.15) is 0 Å². The lowest BCUT2D eigenvalue weighted by atomic mass is 10.0. The van der Waals surface area contributed by atoms with Crippen LogP contribution >= 0.6 is 0 Å². The topological polar surface area (TPSA) is 41.6 Å². The predicted molar refractivity (Wildman–Crippen MR) is 98.3 cm³/mol. The smallest absolute Gasteiger partial charge is 0.0961 e. The normalized spacial score (nSPS) is 12.4. The van der Waals surface area contributed by atoms with Crippen LogP contribution in [0.5, 0.6) is 0 Å². The van der Waals surface area contributed by atoms with Crippen molar-refractivity contribution in [3.63, 3.8) is 0 Å². The van der Waals surface area contributed by atoms with E-state index in [1.807, 2.05) is 50.5 Å². The van der Waals surface area contributed by atoms with Gasteiger partial charge in [-0.15, -0.1) is 0 Å². The highest BCUT2D eigenvalue weighted by Gasteiger charge is 2.03. The molecule has 0 aliphatic rings. The van der Waals surface area contributed by atoms with Gasteiger partial charge in [-0.05, 0) is 48.8 Å². The summed E-state index contributed by atoms with van der Waals surface area (Å²) in [6, 6.07) is 18.8. The van der Waals surface area contributed by atoms with E-state index >= 15 is 0 Å². The number of hydrogen-bond donors (Lipinski definition) is 0. The Labute approximate surface area is 142 Å². The average Bonchev–Trinajstić information content (AvgIpc) is 3.03. The van der Waals surface area contributed by atoms with E-state index in [0.29, 0.717) is 5.57 Å². The Balaban J connectivity index is 1.84. The van der Waals surface area contributed by atoms with Crippen LogP contribution in [-0.4, -0.2) is 9.55 Å². The zero-order valence-electron chi connectivity index (χ0n) is 13.9. The van der Waals surface area contributed by atoms with Crippen molar-refractivity contribution in [2.45, 2.75) is 20.4 Å². The lowest BCUT2D eigenvalue weighted by molar-refractivity contribution is 0.824. The molecule has 0 saturated heterocycles. The Kier molecular flexibility index (Phi) is 4.58. The molecule has 0 aliphatic carbocycles. The summed E-state index contributed by atoms with van der Waals surface area (Å²) >= 11 is 0. The van der Waals surface area contributed by atoms with Crippen molar-refractivity contribution in [3.05, 3.63) is 83.7 Å². The number of nitrogens with zero attached hydrogens (tertiary/aromatic N) is 3. The number of benzene rings is 2. The van der Waals surface area contributed by atoms with Gasteiger partial charge >= 0.3 is 0 Å². The van der Waals surface area contributed by atoms with E-state index in [-0.39, 0.29) is 0 Å². The van der Waals surface area contributed by atoms with Crippen molar-refractivity contribution >= 4 is 16.6 Å². The Morgan fingerprint density at radius 3 is 2.62 bits per heavy atom. The first-order chi connectivity index (χ1) is 11.7. The molecule has 1 heterocycles. The molecule has 1 aromatic heterocycles. The van der Waals surface area contributed by atoms with Crippen molar-refractivity contribution in [3.8, 4) is 6.07 Å². The number of hydrogen-bond acceptors (Lipinski definition) is 2. The first kappa shape index (κ1) is 15.8. The molecule has 3 heteroatoms. The third kappa shape index (κ3) is 3.28. The van der Waals surface area contributed by atoms with E-state index < -0.39 is 0 Å². The van der Waals surface area contributed by atoms with Crippen molar-refractivity contribution in [1.82, 2.24) is 9.55 Å². The van der Waals surface area contributed by atoms with Gasteiger partial charge in [-0.1, -0.05) is 42.5 Å². The summed E-state index contributed by atoms with van der Waals surface area (Å²) in [5.74, 6) is 0. The molecule has 0 fully saturated rings. The fourth-order valence-electron chi connectivity index (χ4n) is 2.73. The van der Waals surface area contributed by atoms with Crippen LogP contribution in [0.15, 0.2) is 72.6 Å². The first-order valence-electron chi connectivity index (χ1n) is 7.95. The highest BCUT2D eigenvalue weighted by Crippen LogP contribution is 2.20. The van der Waals surface area contributed by atoms with Gasteiger partial charge in [0.2, 0.25) is 0 Å². The van der Waals surface area contributed by atoms with Gasteiger partial charge in [0.05, 0.1) is 23.4 Å². The summed E-state index contributed by atoms with van der Waals surface area (Å²) < 4.78 is 2.15. The van der Waals surface area contributed by atoms with E-state index in [4.69, 9.17) is 5.26 Å². The first-order valence-corrected chi connectivity index (χ1v) is 7.95. The van der Waals surface area contributed by atoms with Gasteiger partial charge in [-0.3, -0.25) is 0 Å². The number of rotatable bonds is 4. The Bertz CT molecular complexity index is 951. The molecular weight excluding hydrogens is 294 g/mol. The molecule has 0 radical (unpaired) electrons. The molecule has 2 aromatic carbocycles. The molecule has 3 nitrogen and oxygen atoms in total. The second-order valence-electron chi connectivity index (χ2n) is 5.74. The largest absolute Gasteiger partial charge is 0.326 e. The van der Waals surface area contributed by atoms with Crippen LogP contribution in [0.1, 0.15) is 25.0 Å². The van der Waals surface area contributed by atoms with Crippen LogP contribution in [0, 0.1) is 11.3 Å². The number of fused-ring (bicyclic) bond motifs is 1. The quantitative estimate of drug-likeness (QED) is 0.505. The van der Waals surface area contributed by atoms with Crippen molar-refractivity contribution in [2.24, 2.45) is 0 Å². The number of para-hydroxylation sites is 2. The number of imidazole rings is 1. The molecule has 3 rings (SSSR count). The molecule has 0 saturated carbocycles. The van der Waals surface area contributed by atoms with Gasteiger partial charge in [0.25, 0.3) is 0 Å². The van der Waals surface area contributed by atoms with Crippen LogP contribution in [0.25, 0.3) is 16.6 Å². The zero-order valence-corrected chi connectivity index (χ0v) is 13.9. The third-order valence-electron chi connectivity index (χ3n) is 4.03. The number of allylic oxidation sites excluding steroid dienone is 4. The average molecular weight is 313 g/mol. The SMILES string of the molecule is C/C=C(\C=C(/C)C#N)c1ccc(Cn2cnc3ccccc32)cc1. The Morgan fingerprint density at radius 1 is 1.17 bits per heavy atom. The summed E-state index contributed by atoms with van der Waals surface area (Å²) in [7, 11) is 0. The summed E-state index contributed by atoms with van der Waals surface area (Å²) in [5.41, 5.74) is 6.26. The lowest BCUT2D eigenvalue weighted by Gasteiger charge is -2.07. The molecule has 0 N–H and O–H groups in total. The zero-order chi connectivity index (χ0) is 16.9. The molecule has 3 aromatic rings. The number of aromatic nitrogens is 2. The van der Waals surface area contributed by atoms with E-state index in [1.165, 1.54) is 5.56 Å². The molecule has 0 spiro atoms. The van der Waals surface area contributed by atoms with Crippen LogP contribution in [0.2, 0.25) is 0 Å². The van der Waals surface area contributed by atoms with Gasteiger partial charge in [-0.2, -0.15) is 5.26 Å². The van der Waals surface area contributed by atoms with E-state index in [2.05, 4.69) is 46.0 Å². The van der Waals surface area contributed by atoms with Crippen LogP contribution in [0.4, 0.5) is 0 Å². The van der Waals surface area contributed by atoms with Gasteiger partial charge in [-0.25, -0.2) is 4.98 Å². The lowest BCUT2D eigenvalue weighted by Crippen LogP contribution is -1.98. The maximum atomic E-state index is 8.95. The maximum Gasteiger partial charge on any atom is 0.0961 e. The van der Waals surface area contributed by atoms with Crippen LogP contribution < -0.4 is 0 Å². The second kappa shape index (κ2) is 6.97. The summed E-state index contributed by atoms with van der Waals surface area (Å²) in [6.07, 6.45) is 5.83. The predicted octanol–water partition coefficient (Wildman–Crippen LogP) is 4.96. The van der Waals surface area contributed by atoms with Crippen molar-refractivity contribution in [1.29, 1.82) is 5.26 Å². The molecule has 0 atom stereocenters. The minimum atomic E-state index is 0.706. The maximum absolute atomic E-state index is 8.95. The van der Waals surface area contributed by atoms with Gasteiger partial charge in [0.15, 0.2) is 0 Å². The van der Waals surface area contributed by atoms with Crippen LogP contribution in [0.3, 0.4) is 0 Å². The molecule has 0 aliphatic heterocycles. The summed E-state index contributed by atoms with van der Waals surface area (Å²) in [6.45, 7) is 4.60. The third-order valence-corrected chi connectivity index (χ3v) is 4.03. The van der Waals surface area contributed by atoms with Crippen LogP contribution in [-0.2, 0) is 6.54 Å². The molecule has 0 bridgehead atoms. The minimum absolute atomic E-state index is 0.706. The Morgan fingerprint density at radius 2 is 1.92 bits per heavy atom. The molecular formula is C21H19N3. The monoisotopic (exact) mass is 313 g/mol. The molecule has 118 valence electrons. The minimum Gasteiger partial charge on any atom is -0.326 e. The highest BCUT2D eigenvalue weighted by molar-refractivity contribution is 5.76. The Hall–Kier alpha value is -3.12. The van der Waals surface area contributed by atoms with E-state index in [9.17, 15) is 0 Å². The fraction of sp³-hybridized carbons (Fsp3) is 0.143. The second-order valence-corrected chi connectivity index (χ2v) is 5.74.